The fourth-order valence-electron chi connectivity index (χ4n) is 1.90. The summed E-state index contributed by atoms with van der Waals surface area (Å²) in [5.74, 6) is -0.498. The van der Waals surface area contributed by atoms with Crippen LogP contribution in [0.2, 0.25) is 4.34 Å². The third-order valence-corrected chi connectivity index (χ3v) is 6.18. The molecule has 0 spiro atoms. The topological polar surface area (TPSA) is 85.4 Å². The van der Waals surface area contributed by atoms with Crippen LogP contribution in [-0.2, 0) is 19.4 Å². The van der Waals surface area contributed by atoms with Crippen LogP contribution in [0.1, 0.15) is 19.4 Å². The van der Waals surface area contributed by atoms with Crippen molar-refractivity contribution < 1.29 is 17.9 Å². The van der Waals surface area contributed by atoms with Crippen molar-refractivity contribution in [2.24, 2.45) is 0 Å². The Hall–Kier alpha value is -1.90. The molecule has 1 N–H and O–H groups in total. The van der Waals surface area contributed by atoms with Gasteiger partial charge in [-0.2, -0.15) is 0 Å². The normalized spacial score (nSPS) is 12.1. The minimum absolute atomic E-state index is 0.0482. The van der Waals surface area contributed by atoms with E-state index in [0.29, 0.717) is 5.70 Å². The maximum atomic E-state index is 12.7. The average molecular weight is 401 g/mol. The third kappa shape index (κ3) is 4.81. The first-order chi connectivity index (χ1) is 11.7. The van der Waals surface area contributed by atoms with E-state index < -0.39 is 15.8 Å². The van der Waals surface area contributed by atoms with Crippen molar-refractivity contribution in [1.82, 2.24) is 4.98 Å². The van der Waals surface area contributed by atoms with Crippen molar-refractivity contribution in [3.05, 3.63) is 45.9 Å². The molecule has 2 rings (SSSR count). The van der Waals surface area contributed by atoms with E-state index in [9.17, 15) is 13.2 Å². The first-order valence-electron chi connectivity index (χ1n) is 7.34. The lowest BCUT2D eigenvalue weighted by Crippen LogP contribution is -2.05. The molecule has 1 aromatic carbocycles. The smallest absolute Gasteiger partial charge is 0.332 e. The number of benzene rings is 1. The number of halogens is 1. The molecule has 2 aromatic rings. The third-order valence-electron chi connectivity index (χ3n) is 3.07. The number of nitrogens with zero attached hydrogens (tertiary/aromatic N) is 1. The van der Waals surface area contributed by atoms with Crippen LogP contribution in [0.3, 0.4) is 0 Å². The monoisotopic (exact) mass is 400 g/mol. The summed E-state index contributed by atoms with van der Waals surface area (Å²) in [5, 5.41) is 2.90. The van der Waals surface area contributed by atoms with E-state index in [0.717, 1.165) is 16.9 Å². The van der Waals surface area contributed by atoms with Crippen LogP contribution in [0.25, 0.3) is 0 Å². The van der Waals surface area contributed by atoms with E-state index in [-0.39, 0.29) is 26.0 Å². The van der Waals surface area contributed by atoms with Gasteiger partial charge in [0.25, 0.3) is 0 Å². The Morgan fingerprint density at radius 1 is 1.36 bits per heavy atom. The van der Waals surface area contributed by atoms with Gasteiger partial charge in [-0.25, -0.2) is 18.2 Å². The summed E-state index contributed by atoms with van der Waals surface area (Å²) in [6.45, 7) is 5.48. The van der Waals surface area contributed by atoms with Crippen molar-refractivity contribution in [2.75, 3.05) is 11.9 Å². The zero-order valence-electron chi connectivity index (χ0n) is 13.9. The van der Waals surface area contributed by atoms with Gasteiger partial charge in [-0.15, -0.1) is 0 Å². The van der Waals surface area contributed by atoms with Crippen LogP contribution >= 0.6 is 22.9 Å². The summed E-state index contributed by atoms with van der Waals surface area (Å²) < 4.78 is 30.2. The molecule has 9 heteroatoms. The molecule has 0 saturated heterocycles. The van der Waals surface area contributed by atoms with Gasteiger partial charge >= 0.3 is 5.97 Å². The van der Waals surface area contributed by atoms with Gasteiger partial charge in [0.05, 0.1) is 11.5 Å². The molecule has 0 fully saturated rings. The predicted molar refractivity (Wildman–Crippen MR) is 97.8 cm³/mol. The Morgan fingerprint density at radius 2 is 2.00 bits per heavy atom. The predicted octanol–water partition coefficient (Wildman–Crippen LogP) is 3.82. The number of aromatic nitrogens is 1. The molecule has 1 heterocycles. The van der Waals surface area contributed by atoms with Gasteiger partial charge in [-0.05, 0) is 32.9 Å². The zero-order valence-corrected chi connectivity index (χ0v) is 16.3. The molecular formula is C16H17ClN2O4S2. The summed E-state index contributed by atoms with van der Waals surface area (Å²) in [5.41, 5.74) is 1.41. The van der Waals surface area contributed by atoms with Crippen molar-refractivity contribution in [3.8, 4) is 0 Å². The first-order valence-corrected chi connectivity index (χ1v) is 10.0. The minimum Gasteiger partial charge on any atom is -0.463 e. The lowest BCUT2D eigenvalue weighted by atomic mass is 10.2. The van der Waals surface area contributed by atoms with E-state index >= 15 is 0 Å². The largest absolute Gasteiger partial charge is 0.463 e. The highest BCUT2D eigenvalue weighted by molar-refractivity contribution is 7.91. The molecule has 1 aromatic heterocycles. The van der Waals surface area contributed by atoms with E-state index in [2.05, 4.69) is 10.3 Å². The van der Waals surface area contributed by atoms with Crippen LogP contribution in [0, 0.1) is 6.92 Å². The van der Waals surface area contributed by atoms with Crippen LogP contribution in [0.15, 0.2) is 46.0 Å². The van der Waals surface area contributed by atoms with Crippen molar-refractivity contribution in [2.45, 2.75) is 30.7 Å². The maximum absolute atomic E-state index is 12.7. The van der Waals surface area contributed by atoms with Crippen molar-refractivity contribution >= 4 is 43.9 Å². The molecule has 0 atom stereocenters. The second-order valence-electron chi connectivity index (χ2n) is 5.12. The number of carbonyl (C=O) groups is 1. The average Bonchev–Trinajstić information content (AvgIpc) is 2.88. The fraction of sp³-hybridized carbons (Fsp3) is 0.250. The van der Waals surface area contributed by atoms with Crippen LogP contribution in [-0.4, -0.2) is 26.0 Å². The molecule has 0 unspecified atom stereocenters. The molecule has 25 heavy (non-hydrogen) atoms. The van der Waals surface area contributed by atoms with Crippen molar-refractivity contribution in [3.63, 3.8) is 0 Å². The summed E-state index contributed by atoms with van der Waals surface area (Å²) >= 11 is 7.05. The SMILES string of the molecule is CCOC(=O)C=C(C)Nc1nc(S(=O)(=O)c2ccc(C)cc2)c(Cl)s1. The lowest BCUT2D eigenvalue weighted by Gasteiger charge is -2.03. The molecule has 0 aliphatic carbocycles. The molecule has 0 aliphatic rings. The number of carbonyl (C=O) groups excluding carboxylic acids is 1. The highest BCUT2D eigenvalue weighted by atomic mass is 35.5. The van der Waals surface area contributed by atoms with Gasteiger partial charge in [0, 0.05) is 11.8 Å². The molecule has 0 aliphatic heterocycles. The number of hydrogen-bond donors (Lipinski definition) is 1. The van der Waals surface area contributed by atoms with Gasteiger partial charge in [0.1, 0.15) is 4.34 Å². The quantitative estimate of drug-likeness (QED) is 0.586. The number of ether oxygens (including phenoxy) is 1. The Bertz CT molecular complexity index is 903. The number of thiazole rings is 1. The molecular weight excluding hydrogens is 384 g/mol. The van der Waals surface area contributed by atoms with Crippen molar-refractivity contribution in [1.29, 1.82) is 0 Å². The van der Waals surface area contributed by atoms with E-state index in [1.54, 1.807) is 26.0 Å². The van der Waals surface area contributed by atoms with Gasteiger partial charge in [0.2, 0.25) is 9.84 Å². The van der Waals surface area contributed by atoms with Gasteiger partial charge in [-0.3, -0.25) is 0 Å². The van der Waals surface area contributed by atoms with E-state index in [1.165, 1.54) is 18.2 Å². The van der Waals surface area contributed by atoms with Crippen LogP contribution in [0.4, 0.5) is 5.13 Å². The van der Waals surface area contributed by atoms with Gasteiger partial charge in [-0.1, -0.05) is 40.6 Å². The van der Waals surface area contributed by atoms with Gasteiger partial charge < -0.3 is 10.1 Å². The number of allylic oxidation sites excluding steroid dienone is 1. The maximum Gasteiger partial charge on any atom is 0.332 e. The molecule has 0 saturated carbocycles. The van der Waals surface area contributed by atoms with Crippen LogP contribution in [0.5, 0.6) is 0 Å². The summed E-state index contributed by atoms with van der Waals surface area (Å²) in [6, 6.07) is 6.44. The number of anilines is 1. The standard InChI is InChI=1S/C16H17ClN2O4S2/c1-4-23-13(20)9-11(3)18-16-19-15(14(17)24-16)25(21,22)12-7-5-10(2)6-8-12/h5-9H,4H2,1-3H3,(H,18,19). The minimum atomic E-state index is -3.82. The Morgan fingerprint density at radius 3 is 2.60 bits per heavy atom. The molecule has 6 nitrogen and oxygen atoms in total. The second kappa shape index (κ2) is 7.99. The molecule has 0 amide bonds. The number of sulfone groups is 1. The summed E-state index contributed by atoms with van der Waals surface area (Å²) in [6.07, 6.45) is 1.26. The lowest BCUT2D eigenvalue weighted by molar-refractivity contribution is -0.137. The Kier molecular flexibility index (Phi) is 6.21. The molecule has 134 valence electrons. The first kappa shape index (κ1) is 19.4. The van der Waals surface area contributed by atoms with Crippen LogP contribution < -0.4 is 5.32 Å². The number of esters is 1. The molecule has 0 bridgehead atoms. The number of aryl methyl sites for hydroxylation is 1. The second-order valence-corrected chi connectivity index (χ2v) is 8.58. The number of hydrogen-bond acceptors (Lipinski definition) is 7. The number of nitrogens with one attached hydrogen (secondary N) is 1. The fourth-order valence-corrected chi connectivity index (χ4v) is 4.77. The van der Waals surface area contributed by atoms with Gasteiger partial charge in [0.15, 0.2) is 10.2 Å². The highest BCUT2D eigenvalue weighted by Crippen LogP contribution is 2.34. The molecule has 0 radical (unpaired) electrons. The number of rotatable bonds is 6. The zero-order chi connectivity index (χ0) is 18.6. The summed E-state index contributed by atoms with van der Waals surface area (Å²) in [4.78, 5) is 15.6. The summed E-state index contributed by atoms with van der Waals surface area (Å²) in [7, 11) is -3.82. The Balaban J connectivity index is 2.28. The Labute approximate surface area is 155 Å². The highest BCUT2D eigenvalue weighted by Gasteiger charge is 2.25. The van der Waals surface area contributed by atoms with E-state index in [4.69, 9.17) is 16.3 Å². The van der Waals surface area contributed by atoms with E-state index in [1.807, 2.05) is 6.92 Å².